The van der Waals surface area contributed by atoms with E-state index >= 15 is 0 Å². The van der Waals surface area contributed by atoms with Crippen LogP contribution < -0.4 is 10.1 Å². The Hall–Kier alpha value is -1.66. The van der Waals surface area contributed by atoms with E-state index in [0.717, 1.165) is 32.2 Å². The summed E-state index contributed by atoms with van der Waals surface area (Å²) in [5, 5.41) is 12.7. The van der Waals surface area contributed by atoms with E-state index in [9.17, 15) is 14.3 Å². The Morgan fingerprint density at radius 1 is 1.39 bits per heavy atom. The van der Waals surface area contributed by atoms with Crippen LogP contribution in [0.2, 0.25) is 0 Å². The first kappa shape index (κ1) is 16.2. The average molecular weight is 322 g/mol. The number of nitrogens with zero attached hydrogens (tertiary/aromatic N) is 1. The number of rotatable bonds is 4. The first-order chi connectivity index (χ1) is 11.1. The summed E-state index contributed by atoms with van der Waals surface area (Å²) in [6, 6.07) is 4.22. The molecule has 0 spiro atoms. The van der Waals surface area contributed by atoms with Crippen molar-refractivity contribution in [2.45, 2.75) is 43.9 Å². The molecule has 1 heterocycles. The van der Waals surface area contributed by atoms with Gasteiger partial charge in [0.1, 0.15) is 11.6 Å². The average Bonchev–Trinajstić information content (AvgIpc) is 3.15. The SMILES string of the molecule is COc1ccc(F)cc1C(=O)N[C@@H]1CCC[C@@H]1N1CCC(O)C1. The third-order valence-electron chi connectivity index (χ3n) is 4.87. The van der Waals surface area contributed by atoms with Crippen LogP contribution in [0, 0.1) is 5.82 Å². The molecule has 126 valence electrons. The molecule has 1 aromatic carbocycles. The van der Waals surface area contributed by atoms with Crippen molar-refractivity contribution in [3.63, 3.8) is 0 Å². The minimum absolute atomic E-state index is 0.0285. The first-order valence-electron chi connectivity index (χ1n) is 8.15. The normalized spacial score (nSPS) is 28.0. The number of ether oxygens (including phenoxy) is 1. The quantitative estimate of drug-likeness (QED) is 0.883. The molecule has 23 heavy (non-hydrogen) atoms. The van der Waals surface area contributed by atoms with Crippen molar-refractivity contribution in [2.24, 2.45) is 0 Å². The van der Waals surface area contributed by atoms with Crippen molar-refractivity contribution in [1.82, 2.24) is 10.2 Å². The lowest BCUT2D eigenvalue weighted by Crippen LogP contribution is -2.48. The van der Waals surface area contributed by atoms with E-state index in [4.69, 9.17) is 4.74 Å². The number of amides is 1. The standard InChI is InChI=1S/C17H23FN2O3/c1-23-16-6-5-11(18)9-13(16)17(22)19-14-3-2-4-15(14)20-8-7-12(21)10-20/h5-6,9,12,14-15,21H,2-4,7-8,10H2,1H3,(H,19,22)/t12?,14-,15+/m1/s1. The van der Waals surface area contributed by atoms with Crippen LogP contribution in [0.15, 0.2) is 18.2 Å². The minimum Gasteiger partial charge on any atom is -0.496 e. The highest BCUT2D eigenvalue weighted by Crippen LogP contribution is 2.28. The molecule has 2 N–H and O–H groups in total. The van der Waals surface area contributed by atoms with Crippen LogP contribution in [0.3, 0.4) is 0 Å². The van der Waals surface area contributed by atoms with E-state index in [1.54, 1.807) is 0 Å². The van der Waals surface area contributed by atoms with Gasteiger partial charge in [-0.3, -0.25) is 9.69 Å². The van der Waals surface area contributed by atoms with Crippen LogP contribution in [0.1, 0.15) is 36.0 Å². The number of aliphatic hydroxyl groups excluding tert-OH is 1. The second-order valence-corrected chi connectivity index (χ2v) is 6.36. The summed E-state index contributed by atoms with van der Waals surface area (Å²) in [5.74, 6) is -0.394. The number of nitrogens with one attached hydrogen (secondary N) is 1. The van der Waals surface area contributed by atoms with Crippen molar-refractivity contribution in [3.05, 3.63) is 29.6 Å². The molecule has 2 aliphatic rings. The summed E-state index contributed by atoms with van der Waals surface area (Å²) in [6.45, 7) is 1.53. The van der Waals surface area contributed by atoms with E-state index in [1.807, 2.05) is 0 Å². The maximum Gasteiger partial charge on any atom is 0.255 e. The van der Waals surface area contributed by atoms with Gasteiger partial charge in [-0.15, -0.1) is 0 Å². The monoisotopic (exact) mass is 322 g/mol. The molecule has 0 bridgehead atoms. The van der Waals surface area contributed by atoms with Gasteiger partial charge in [-0.05, 0) is 43.9 Å². The van der Waals surface area contributed by atoms with Gasteiger partial charge in [0.2, 0.25) is 0 Å². The molecule has 1 saturated carbocycles. The summed E-state index contributed by atoms with van der Waals surface area (Å²) in [4.78, 5) is 14.8. The Kier molecular flexibility index (Phi) is 4.82. The van der Waals surface area contributed by atoms with Crippen LogP contribution in [-0.4, -0.2) is 54.3 Å². The molecule has 5 nitrogen and oxygen atoms in total. The zero-order valence-electron chi connectivity index (χ0n) is 13.3. The highest BCUT2D eigenvalue weighted by atomic mass is 19.1. The second kappa shape index (κ2) is 6.84. The van der Waals surface area contributed by atoms with Gasteiger partial charge in [0.15, 0.2) is 0 Å². The van der Waals surface area contributed by atoms with Gasteiger partial charge in [0.05, 0.1) is 18.8 Å². The highest BCUT2D eigenvalue weighted by Gasteiger charge is 2.36. The van der Waals surface area contributed by atoms with Crippen molar-refractivity contribution < 1.29 is 19.0 Å². The number of β-amino-alcohol motifs (C(OH)–C–C–N with tert-alkyl or cyclic N) is 1. The van der Waals surface area contributed by atoms with E-state index in [0.29, 0.717) is 12.3 Å². The van der Waals surface area contributed by atoms with Crippen molar-refractivity contribution in [3.8, 4) is 5.75 Å². The molecule has 3 rings (SSSR count). The van der Waals surface area contributed by atoms with Crippen LogP contribution in [0.4, 0.5) is 4.39 Å². The fourth-order valence-corrected chi connectivity index (χ4v) is 3.72. The largest absolute Gasteiger partial charge is 0.496 e. The van der Waals surface area contributed by atoms with Gasteiger partial charge in [-0.25, -0.2) is 4.39 Å². The molecule has 1 aromatic rings. The van der Waals surface area contributed by atoms with Gasteiger partial charge in [0, 0.05) is 25.2 Å². The Morgan fingerprint density at radius 2 is 2.22 bits per heavy atom. The van der Waals surface area contributed by atoms with Crippen LogP contribution in [0.5, 0.6) is 5.75 Å². The molecular weight excluding hydrogens is 299 g/mol. The molecule has 1 amide bonds. The van der Waals surface area contributed by atoms with Crippen molar-refractivity contribution >= 4 is 5.91 Å². The summed E-state index contributed by atoms with van der Waals surface area (Å²) in [5.41, 5.74) is 0.222. The number of aliphatic hydroxyl groups is 1. The summed E-state index contributed by atoms with van der Waals surface area (Å²) >= 11 is 0. The van der Waals surface area contributed by atoms with Crippen LogP contribution in [0.25, 0.3) is 0 Å². The van der Waals surface area contributed by atoms with Gasteiger partial charge in [-0.2, -0.15) is 0 Å². The zero-order valence-corrected chi connectivity index (χ0v) is 13.3. The number of halogens is 1. The van der Waals surface area contributed by atoms with Gasteiger partial charge < -0.3 is 15.2 Å². The third kappa shape index (κ3) is 3.48. The minimum atomic E-state index is -0.457. The number of likely N-dealkylation sites (tertiary alicyclic amines) is 1. The number of benzene rings is 1. The van der Waals surface area contributed by atoms with E-state index in [-0.39, 0.29) is 29.7 Å². The van der Waals surface area contributed by atoms with Crippen LogP contribution >= 0.6 is 0 Å². The number of hydrogen-bond donors (Lipinski definition) is 2. The lowest BCUT2D eigenvalue weighted by molar-refractivity contribution is 0.0902. The smallest absolute Gasteiger partial charge is 0.255 e. The topological polar surface area (TPSA) is 61.8 Å². The predicted molar refractivity (Wildman–Crippen MR) is 84.0 cm³/mol. The van der Waals surface area contributed by atoms with E-state index in [1.165, 1.54) is 25.3 Å². The summed E-state index contributed by atoms with van der Waals surface area (Å²) < 4.78 is 18.6. The van der Waals surface area contributed by atoms with Crippen LogP contribution in [-0.2, 0) is 0 Å². The molecule has 1 unspecified atom stereocenters. The fraction of sp³-hybridized carbons (Fsp3) is 0.588. The molecule has 3 atom stereocenters. The fourth-order valence-electron chi connectivity index (χ4n) is 3.72. The van der Waals surface area contributed by atoms with Gasteiger partial charge in [-0.1, -0.05) is 0 Å². The Labute approximate surface area is 135 Å². The molecule has 1 aliphatic carbocycles. The third-order valence-corrected chi connectivity index (χ3v) is 4.87. The number of carbonyl (C=O) groups is 1. The molecule has 0 radical (unpaired) electrons. The first-order valence-corrected chi connectivity index (χ1v) is 8.15. The zero-order chi connectivity index (χ0) is 16.4. The number of hydrogen-bond acceptors (Lipinski definition) is 4. The summed E-state index contributed by atoms with van der Waals surface area (Å²) in [6.07, 6.45) is 3.48. The maximum atomic E-state index is 13.5. The highest BCUT2D eigenvalue weighted by molar-refractivity contribution is 5.97. The summed E-state index contributed by atoms with van der Waals surface area (Å²) in [7, 11) is 1.47. The predicted octanol–water partition coefficient (Wildman–Crippen LogP) is 1.55. The van der Waals surface area contributed by atoms with Gasteiger partial charge in [0.25, 0.3) is 5.91 Å². The Balaban J connectivity index is 1.71. The molecular formula is C17H23FN2O3. The lowest BCUT2D eigenvalue weighted by atomic mass is 10.1. The molecule has 1 saturated heterocycles. The number of carbonyl (C=O) groups excluding carboxylic acids is 1. The Bertz CT molecular complexity index is 581. The lowest BCUT2D eigenvalue weighted by Gasteiger charge is -2.29. The second-order valence-electron chi connectivity index (χ2n) is 6.36. The molecule has 6 heteroatoms. The Morgan fingerprint density at radius 3 is 2.91 bits per heavy atom. The van der Waals surface area contributed by atoms with E-state index < -0.39 is 5.82 Å². The van der Waals surface area contributed by atoms with Gasteiger partial charge >= 0.3 is 0 Å². The molecule has 0 aromatic heterocycles. The van der Waals surface area contributed by atoms with Crippen molar-refractivity contribution in [1.29, 1.82) is 0 Å². The maximum absolute atomic E-state index is 13.5. The van der Waals surface area contributed by atoms with Crippen molar-refractivity contribution in [2.75, 3.05) is 20.2 Å². The molecule has 1 aliphatic heterocycles. The molecule has 2 fully saturated rings. The van der Waals surface area contributed by atoms with E-state index in [2.05, 4.69) is 10.2 Å². The number of methoxy groups -OCH3 is 1.